The Hall–Kier alpha value is -1.80. The Balaban J connectivity index is 1.63. The van der Waals surface area contributed by atoms with Gasteiger partial charge in [-0.2, -0.15) is 0 Å². The summed E-state index contributed by atoms with van der Waals surface area (Å²) in [7, 11) is 2.25. The summed E-state index contributed by atoms with van der Waals surface area (Å²) in [6.07, 6.45) is 5.02. The molecule has 0 saturated carbocycles. The highest BCUT2D eigenvalue weighted by Crippen LogP contribution is 2.50. The summed E-state index contributed by atoms with van der Waals surface area (Å²) < 4.78 is 1.42. The lowest BCUT2D eigenvalue weighted by atomic mass is 9.63. The highest BCUT2D eigenvalue weighted by Gasteiger charge is 2.39. The van der Waals surface area contributed by atoms with E-state index in [1.807, 2.05) is 11.3 Å². The first kappa shape index (κ1) is 23.0. The molecule has 0 saturated heterocycles. The summed E-state index contributed by atoms with van der Waals surface area (Å²) in [5.74, 6) is 0. The Kier molecular flexibility index (Phi) is 4.94. The van der Waals surface area contributed by atoms with Gasteiger partial charge in [0, 0.05) is 28.2 Å². The van der Waals surface area contributed by atoms with Gasteiger partial charge in [-0.25, -0.2) is 0 Å². The maximum atomic E-state index is 2.53. The van der Waals surface area contributed by atoms with Gasteiger partial charge in [0.2, 0.25) is 0 Å². The fraction of sp³-hybridized carbons (Fsp3) is 0.548. The van der Waals surface area contributed by atoms with Crippen LogP contribution in [0.4, 0.5) is 11.4 Å². The number of hydrogen-bond acceptors (Lipinski definition) is 2. The second-order valence-corrected chi connectivity index (χ2v) is 14.3. The Morgan fingerprint density at radius 2 is 1.12 bits per heavy atom. The van der Waals surface area contributed by atoms with E-state index >= 15 is 0 Å². The molecule has 0 bridgehead atoms. The van der Waals surface area contributed by atoms with Gasteiger partial charge in [-0.3, -0.25) is 0 Å². The fourth-order valence-corrected chi connectivity index (χ4v) is 7.26. The lowest BCUT2D eigenvalue weighted by molar-refractivity contribution is 0.332. The number of rotatable bonds is 2. The zero-order valence-electron chi connectivity index (χ0n) is 22.1. The third-order valence-corrected chi connectivity index (χ3v) is 10.0. The molecule has 5 rings (SSSR count). The second-order valence-electron chi connectivity index (χ2n) is 13.3. The van der Waals surface area contributed by atoms with Crippen LogP contribution in [0.15, 0.2) is 35.7 Å². The SMILES string of the molecule is CN(c1ccc2c(c1)C(C)(C)CCC2(C)C)c1csc2cc3c(cc12)C(C)(C)CCC3(C)C. The highest BCUT2D eigenvalue weighted by molar-refractivity contribution is 7.17. The molecule has 33 heavy (non-hydrogen) atoms. The van der Waals surface area contributed by atoms with Gasteiger partial charge in [0.15, 0.2) is 0 Å². The van der Waals surface area contributed by atoms with Crippen LogP contribution < -0.4 is 4.90 Å². The molecule has 1 heterocycles. The van der Waals surface area contributed by atoms with Crippen LogP contribution in [0.2, 0.25) is 0 Å². The summed E-state index contributed by atoms with van der Waals surface area (Å²) in [6, 6.07) is 12.3. The van der Waals surface area contributed by atoms with Gasteiger partial charge in [-0.1, -0.05) is 61.5 Å². The molecule has 0 radical (unpaired) electrons. The molecular formula is C31H41NS. The van der Waals surface area contributed by atoms with Crippen molar-refractivity contribution in [2.24, 2.45) is 0 Å². The molecule has 0 atom stereocenters. The van der Waals surface area contributed by atoms with Crippen molar-refractivity contribution >= 4 is 32.8 Å². The van der Waals surface area contributed by atoms with Crippen molar-refractivity contribution in [1.29, 1.82) is 0 Å². The zero-order valence-corrected chi connectivity index (χ0v) is 23.0. The lowest BCUT2D eigenvalue weighted by Crippen LogP contribution is -2.34. The van der Waals surface area contributed by atoms with Crippen LogP contribution in [-0.4, -0.2) is 7.05 Å². The fourth-order valence-electron chi connectivity index (χ4n) is 6.26. The van der Waals surface area contributed by atoms with E-state index in [0.717, 1.165) is 0 Å². The Morgan fingerprint density at radius 1 is 0.636 bits per heavy atom. The van der Waals surface area contributed by atoms with E-state index in [-0.39, 0.29) is 21.7 Å². The molecule has 1 nitrogen and oxygen atoms in total. The molecule has 2 heteroatoms. The maximum Gasteiger partial charge on any atom is 0.0596 e. The van der Waals surface area contributed by atoms with Crippen LogP contribution in [-0.2, 0) is 21.7 Å². The minimum atomic E-state index is 0.229. The monoisotopic (exact) mass is 459 g/mol. The van der Waals surface area contributed by atoms with E-state index in [1.54, 1.807) is 11.1 Å². The third-order valence-electron chi connectivity index (χ3n) is 9.11. The topological polar surface area (TPSA) is 3.24 Å². The second kappa shape index (κ2) is 7.11. The van der Waals surface area contributed by atoms with Crippen molar-refractivity contribution in [1.82, 2.24) is 0 Å². The van der Waals surface area contributed by atoms with Crippen LogP contribution in [0, 0.1) is 0 Å². The predicted molar refractivity (Wildman–Crippen MR) is 147 cm³/mol. The Bertz CT molecular complexity index is 1240. The van der Waals surface area contributed by atoms with E-state index in [0.29, 0.717) is 0 Å². The minimum absolute atomic E-state index is 0.229. The molecule has 2 aliphatic carbocycles. The van der Waals surface area contributed by atoms with E-state index in [9.17, 15) is 0 Å². The Labute approximate surface area is 205 Å². The highest BCUT2D eigenvalue weighted by atomic mass is 32.1. The molecule has 176 valence electrons. The summed E-state index contributed by atoms with van der Waals surface area (Å²) in [4.78, 5) is 2.42. The number of fused-ring (bicyclic) bond motifs is 3. The normalized spacial score (nSPS) is 22.0. The zero-order chi connectivity index (χ0) is 24.0. The molecule has 0 aliphatic heterocycles. The summed E-state index contributed by atoms with van der Waals surface area (Å²) in [6.45, 7) is 19.3. The summed E-state index contributed by atoms with van der Waals surface area (Å²) in [5, 5.41) is 3.77. The van der Waals surface area contributed by atoms with Crippen molar-refractivity contribution in [2.45, 2.75) is 103 Å². The van der Waals surface area contributed by atoms with Gasteiger partial charge in [0.25, 0.3) is 0 Å². The molecule has 3 aromatic rings. The standard InChI is InChI=1S/C31H41NS/c1-28(2)12-13-29(3,4)23-16-20(10-11-22(23)28)32(9)26-19-33-27-18-25-24(17-21(26)27)30(5,6)14-15-31(25,7)8/h10-11,16-19H,12-15H2,1-9H3. The quantitative estimate of drug-likeness (QED) is 0.369. The summed E-state index contributed by atoms with van der Waals surface area (Å²) in [5.41, 5.74) is 9.78. The molecular weight excluding hydrogens is 418 g/mol. The molecule has 0 unspecified atom stereocenters. The lowest BCUT2D eigenvalue weighted by Gasteiger charge is -2.42. The molecule has 0 N–H and O–H groups in total. The van der Waals surface area contributed by atoms with Crippen molar-refractivity contribution in [3.05, 3.63) is 58.0 Å². The van der Waals surface area contributed by atoms with E-state index in [4.69, 9.17) is 0 Å². The van der Waals surface area contributed by atoms with Crippen molar-refractivity contribution in [3.63, 3.8) is 0 Å². The molecule has 2 aliphatic rings. The molecule has 2 aromatic carbocycles. The molecule has 1 aromatic heterocycles. The van der Waals surface area contributed by atoms with Gasteiger partial charge >= 0.3 is 0 Å². The van der Waals surface area contributed by atoms with Crippen LogP contribution in [0.25, 0.3) is 10.1 Å². The molecule has 0 fully saturated rings. The first-order chi connectivity index (χ1) is 15.2. The van der Waals surface area contributed by atoms with E-state index < -0.39 is 0 Å². The van der Waals surface area contributed by atoms with Gasteiger partial charge in [0.05, 0.1) is 5.69 Å². The number of anilines is 2. The summed E-state index contributed by atoms with van der Waals surface area (Å²) >= 11 is 1.90. The van der Waals surface area contributed by atoms with Gasteiger partial charge < -0.3 is 4.90 Å². The Morgan fingerprint density at radius 3 is 1.70 bits per heavy atom. The van der Waals surface area contributed by atoms with Crippen LogP contribution >= 0.6 is 11.3 Å². The third kappa shape index (κ3) is 3.55. The average molecular weight is 460 g/mol. The smallest absolute Gasteiger partial charge is 0.0596 e. The minimum Gasteiger partial charge on any atom is -0.343 e. The molecule has 0 spiro atoms. The maximum absolute atomic E-state index is 2.53. The van der Waals surface area contributed by atoms with Gasteiger partial charge in [-0.15, -0.1) is 11.3 Å². The number of benzene rings is 2. The van der Waals surface area contributed by atoms with Crippen molar-refractivity contribution in [2.75, 3.05) is 11.9 Å². The predicted octanol–water partition coefficient (Wildman–Crippen LogP) is 9.37. The molecule has 0 amide bonds. The first-order valence-corrected chi connectivity index (χ1v) is 13.6. The van der Waals surface area contributed by atoms with E-state index in [2.05, 4.69) is 103 Å². The number of nitrogens with zero attached hydrogens (tertiary/aromatic N) is 1. The van der Waals surface area contributed by atoms with Crippen LogP contribution in [0.1, 0.15) is 103 Å². The van der Waals surface area contributed by atoms with E-state index in [1.165, 1.54) is 58.3 Å². The van der Waals surface area contributed by atoms with Crippen molar-refractivity contribution < 1.29 is 0 Å². The van der Waals surface area contributed by atoms with Gasteiger partial charge in [-0.05, 0) is 93.9 Å². The number of hydrogen-bond donors (Lipinski definition) is 0. The first-order valence-electron chi connectivity index (χ1n) is 12.7. The number of thiophene rings is 1. The van der Waals surface area contributed by atoms with Gasteiger partial charge in [0.1, 0.15) is 0 Å². The van der Waals surface area contributed by atoms with Crippen molar-refractivity contribution in [3.8, 4) is 0 Å². The van der Waals surface area contributed by atoms with Crippen LogP contribution in [0.5, 0.6) is 0 Å². The largest absolute Gasteiger partial charge is 0.343 e. The van der Waals surface area contributed by atoms with Crippen LogP contribution in [0.3, 0.4) is 0 Å². The average Bonchev–Trinajstić information content (AvgIpc) is 3.16.